The molecular weight excluding hydrogens is 368 g/mol. The van der Waals surface area contributed by atoms with Crippen LogP contribution in [0.3, 0.4) is 0 Å². The van der Waals surface area contributed by atoms with E-state index in [0.29, 0.717) is 0 Å². The molecule has 29 heavy (non-hydrogen) atoms. The Labute approximate surface area is 177 Å². The molecule has 1 aliphatic carbocycles. The summed E-state index contributed by atoms with van der Waals surface area (Å²) in [5.74, 6) is 0. The molecular formula is C28H27S+. The summed E-state index contributed by atoms with van der Waals surface area (Å²) in [5.41, 5.74) is 5.44. The van der Waals surface area contributed by atoms with Crippen molar-refractivity contribution in [2.45, 2.75) is 36.5 Å². The van der Waals surface area contributed by atoms with Gasteiger partial charge in [-0.1, -0.05) is 83.4 Å². The van der Waals surface area contributed by atoms with Crippen molar-refractivity contribution in [3.05, 3.63) is 130 Å². The van der Waals surface area contributed by atoms with Crippen LogP contribution in [-0.2, 0) is 17.3 Å². The zero-order chi connectivity index (χ0) is 20.1. The molecule has 4 rings (SSSR count). The normalized spacial score (nSPS) is 13.8. The Morgan fingerprint density at radius 1 is 0.690 bits per heavy atom. The van der Waals surface area contributed by atoms with Crippen LogP contribution in [0, 0.1) is 13.8 Å². The number of hydrogen-bond acceptors (Lipinski definition) is 0. The van der Waals surface area contributed by atoms with Gasteiger partial charge in [-0.3, -0.25) is 0 Å². The second-order valence-electron chi connectivity index (χ2n) is 7.60. The van der Waals surface area contributed by atoms with Crippen molar-refractivity contribution >= 4 is 10.9 Å². The highest BCUT2D eigenvalue weighted by Crippen LogP contribution is 2.33. The minimum atomic E-state index is -0.0970. The lowest BCUT2D eigenvalue weighted by atomic mass is 10.0. The van der Waals surface area contributed by atoms with E-state index in [4.69, 9.17) is 0 Å². The Morgan fingerprint density at radius 2 is 1.28 bits per heavy atom. The molecule has 0 saturated heterocycles. The molecule has 0 unspecified atom stereocenters. The zero-order valence-electron chi connectivity index (χ0n) is 17.1. The van der Waals surface area contributed by atoms with E-state index in [1.54, 1.807) is 0 Å². The molecule has 1 aliphatic rings. The van der Waals surface area contributed by atoms with Crippen molar-refractivity contribution in [3.63, 3.8) is 0 Å². The molecule has 0 aromatic heterocycles. The highest BCUT2D eigenvalue weighted by atomic mass is 32.2. The van der Waals surface area contributed by atoms with Crippen LogP contribution in [0.1, 0.15) is 23.1 Å². The van der Waals surface area contributed by atoms with E-state index in [-0.39, 0.29) is 10.9 Å². The second-order valence-corrected chi connectivity index (χ2v) is 9.62. The van der Waals surface area contributed by atoms with Crippen LogP contribution in [0.25, 0.3) is 0 Å². The monoisotopic (exact) mass is 395 g/mol. The SMILES string of the molecule is Cc1ccc([S+](C2=CC=C(Cc3ccccc3)CC=C2)c2ccc(C)cc2)cc1. The molecule has 0 bridgehead atoms. The predicted octanol–water partition coefficient (Wildman–Crippen LogP) is 7.35. The van der Waals surface area contributed by atoms with Gasteiger partial charge in [-0.2, -0.15) is 0 Å². The van der Waals surface area contributed by atoms with E-state index in [1.165, 1.54) is 37.0 Å². The lowest BCUT2D eigenvalue weighted by molar-refractivity contribution is 1.07. The first kappa shape index (κ1) is 19.5. The zero-order valence-corrected chi connectivity index (χ0v) is 18.0. The summed E-state index contributed by atoms with van der Waals surface area (Å²) in [6, 6.07) is 28.8. The van der Waals surface area contributed by atoms with Crippen LogP contribution in [-0.4, -0.2) is 0 Å². The molecule has 0 radical (unpaired) electrons. The van der Waals surface area contributed by atoms with Gasteiger partial charge >= 0.3 is 0 Å². The van der Waals surface area contributed by atoms with Gasteiger partial charge in [0.15, 0.2) is 14.7 Å². The fraction of sp³-hybridized carbons (Fsp3) is 0.143. The topological polar surface area (TPSA) is 0 Å². The first-order valence-corrected chi connectivity index (χ1v) is 11.4. The Balaban J connectivity index is 1.69. The van der Waals surface area contributed by atoms with E-state index in [1.807, 2.05) is 0 Å². The van der Waals surface area contributed by atoms with Crippen molar-refractivity contribution in [3.8, 4) is 0 Å². The van der Waals surface area contributed by atoms with Crippen molar-refractivity contribution in [2.75, 3.05) is 0 Å². The number of rotatable bonds is 5. The maximum atomic E-state index is 2.34. The van der Waals surface area contributed by atoms with Gasteiger partial charge in [0.1, 0.15) is 0 Å². The Hall–Kier alpha value is -2.77. The molecule has 3 aromatic rings. The standard InChI is InChI=1S/C28H27S/c1-22-11-16-27(17-12-22)29(28-18-13-23(2)14-19-28)26-10-6-9-25(15-20-26)21-24-7-4-3-5-8-24/h3-8,10-20H,9,21H2,1-2H3/q+1. The highest BCUT2D eigenvalue weighted by Gasteiger charge is 2.29. The third-order valence-corrected chi connectivity index (χ3v) is 7.40. The summed E-state index contributed by atoms with van der Waals surface area (Å²) in [6.07, 6.45) is 11.4. The summed E-state index contributed by atoms with van der Waals surface area (Å²) < 4.78 is 0. The molecule has 0 saturated carbocycles. The van der Waals surface area contributed by atoms with Crippen molar-refractivity contribution in [1.82, 2.24) is 0 Å². The highest BCUT2D eigenvalue weighted by molar-refractivity contribution is 8.00. The molecule has 0 spiro atoms. The van der Waals surface area contributed by atoms with Crippen molar-refractivity contribution in [1.29, 1.82) is 0 Å². The predicted molar refractivity (Wildman–Crippen MR) is 126 cm³/mol. The second kappa shape index (κ2) is 9.15. The van der Waals surface area contributed by atoms with E-state index in [0.717, 1.165) is 12.8 Å². The maximum Gasteiger partial charge on any atom is 0.166 e. The lowest BCUT2D eigenvalue weighted by Gasteiger charge is -2.09. The van der Waals surface area contributed by atoms with Crippen LogP contribution in [0.15, 0.2) is 123 Å². The number of benzene rings is 3. The fourth-order valence-corrected chi connectivity index (χ4v) is 5.60. The van der Waals surface area contributed by atoms with E-state index in [9.17, 15) is 0 Å². The Bertz CT molecular complexity index is 990. The minimum Gasteiger partial charge on any atom is -0.0754 e. The third-order valence-electron chi connectivity index (χ3n) is 5.17. The van der Waals surface area contributed by atoms with Gasteiger partial charge in [-0.15, -0.1) is 0 Å². The maximum absolute atomic E-state index is 2.34. The number of hydrogen-bond donors (Lipinski definition) is 0. The van der Waals surface area contributed by atoms with Crippen LogP contribution in [0.5, 0.6) is 0 Å². The van der Waals surface area contributed by atoms with Crippen LogP contribution in [0.2, 0.25) is 0 Å². The fourth-order valence-electron chi connectivity index (χ4n) is 3.53. The van der Waals surface area contributed by atoms with Gasteiger partial charge in [0.2, 0.25) is 0 Å². The molecule has 3 aromatic carbocycles. The van der Waals surface area contributed by atoms with E-state index >= 15 is 0 Å². The number of allylic oxidation sites excluding steroid dienone is 5. The molecule has 0 nitrogen and oxygen atoms in total. The summed E-state index contributed by atoms with van der Waals surface area (Å²) in [5, 5.41) is 0. The summed E-state index contributed by atoms with van der Waals surface area (Å²) in [6.45, 7) is 4.30. The molecule has 0 N–H and O–H groups in total. The van der Waals surface area contributed by atoms with E-state index in [2.05, 4.69) is 117 Å². The molecule has 144 valence electrons. The van der Waals surface area contributed by atoms with Crippen LogP contribution in [0.4, 0.5) is 0 Å². The molecule has 1 heteroatoms. The Morgan fingerprint density at radius 3 is 1.86 bits per heavy atom. The van der Waals surface area contributed by atoms with E-state index < -0.39 is 0 Å². The molecule has 0 amide bonds. The molecule has 0 atom stereocenters. The smallest absolute Gasteiger partial charge is 0.0754 e. The largest absolute Gasteiger partial charge is 0.166 e. The van der Waals surface area contributed by atoms with Gasteiger partial charge < -0.3 is 0 Å². The number of aryl methyl sites for hydroxylation is 2. The molecule has 0 heterocycles. The summed E-state index contributed by atoms with van der Waals surface area (Å²) in [7, 11) is -0.0970. The summed E-state index contributed by atoms with van der Waals surface area (Å²) in [4.78, 5) is 4.12. The van der Waals surface area contributed by atoms with Crippen LogP contribution >= 0.6 is 0 Å². The summed E-state index contributed by atoms with van der Waals surface area (Å²) >= 11 is 0. The van der Waals surface area contributed by atoms with Gasteiger partial charge in [0, 0.05) is 0 Å². The van der Waals surface area contributed by atoms with Crippen LogP contribution < -0.4 is 0 Å². The van der Waals surface area contributed by atoms with Crippen molar-refractivity contribution < 1.29 is 0 Å². The Kier molecular flexibility index (Phi) is 6.17. The van der Waals surface area contributed by atoms with Gasteiger partial charge in [-0.05, 0) is 68.7 Å². The van der Waals surface area contributed by atoms with Gasteiger partial charge in [-0.25, -0.2) is 0 Å². The van der Waals surface area contributed by atoms with Gasteiger partial charge in [0.25, 0.3) is 0 Å². The first-order valence-electron chi connectivity index (χ1n) is 10.2. The van der Waals surface area contributed by atoms with Gasteiger partial charge in [0.05, 0.1) is 10.9 Å². The minimum absolute atomic E-state index is 0.0970. The first-order chi connectivity index (χ1) is 14.2. The van der Waals surface area contributed by atoms with Crippen molar-refractivity contribution in [2.24, 2.45) is 0 Å². The lowest BCUT2D eigenvalue weighted by Crippen LogP contribution is -2.06. The average Bonchev–Trinajstić information content (AvgIpc) is 2.97. The third kappa shape index (κ3) is 4.99. The molecule has 0 aliphatic heterocycles. The quantitative estimate of drug-likeness (QED) is 0.396. The molecule has 0 fully saturated rings. The average molecular weight is 396 g/mol.